The number of para-hydroxylation sites is 2. The highest BCUT2D eigenvalue weighted by atomic mass is 16.5. The van der Waals surface area contributed by atoms with Crippen molar-refractivity contribution in [3.63, 3.8) is 0 Å². The molecule has 0 aromatic heterocycles. The summed E-state index contributed by atoms with van der Waals surface area (Å²) in [6, 6.07) is 7.15. The molecule has 4 atom stereocenters. The molecule has 166 valence electrons. The number of ether oxygens (including phenoxy) is 1. The summed E-state index contributed by atoms with van der Waals surface area (Å²) < 4.78 is 5.28. The van der Waals surface area contributed by atoms with Gasteiger partial charge >= 0.3 is 5.97 Å². The summed E-state index contributed by atoms with van der Waals surface area (Å²) >= 11 is 0. The molecule has 3 aliphatic rings. The first-order valence-electron chi connectivity index (χ1n) is 11.0. The summed E-state index contributed by atoms with van der Waals surface area (Å²) in [5, 5.41) is 2.72. The highest BCUT2D eigenvalue weighted by Crippen LogP contribution is 2.36. The second-order valence-corrected chi connectivity index (χ2v) is 8.93. The van der Waals surface area contributed by atoms with E-state index in [0.29, 0.717) is 29.8 Å². The van der Waals surface area contributed by atoms with Crippen LogP contribution in [0.5, 0.6) is 0 Å². The fraction of sp³-hybridized carbons (Fsp3) is 0.565. The van der Waals surface area contributed by atoms with Gasteiger partial charge in [-0.15, -0.1) is 0 Å². The number of carbonyl (C=O) groups excluding carboxylic acids is 4. The molecule has 1 aromatic carbocycles. The summed E-state index contributed by atoms with van der Waals surface area (Å²) in [5.41, 5.74) is 1.12. The van der Waals surface area contributed by atoms with E-state index in [2.05, 4.69) is 19.2 Å². The Labute approximate surface area is 181 Å². The fourth-order valence-corrected chi connectivity index (χ4v) is 4.99. The second-order valence-electron chi connectivity index (χ2n) is 8.93. The monoisotopic (exact) mass is 427 g/mol. The third kappa shape index (κ3) is 4.29. The first kappa shape index (κ1) is 21.3. The largest absolute Gasteiger partial charge is 0.455 e. The SMILES string of the molecule is C[C@@H]1[C@@H](C)CCC[C@@H]1N1C[C@H](C(=O)OCC(=O)N2CC(=O)Nc3ccccc32)CC1=O. The average Bonchev–Trinajstić information content (AvgIpc) is 3.14. The third-order valence-corrected chi connectivity index (χ3v) is 6.97. The Bertz CT molecular complexity index is 901. The minimum absolute atomic E-state index is 0.0131. The molecule has 1 aliphatic carbocycles. The molecule has 1 aromatic rings. The van der Waals surface area contributed by atoms with Crippen LogP contribution in [0.25, 0.3) is 0 Å². The van der Waals surface area contributed by atoms with Crippen molar-refractivity contribution >= 4 is 35.1 Å². The topological polar surface area (TPSA) is 96.0 Å². The number of benzene rings is 1. The average molecular weight is 428 g/mol. The van der Waals surface area contributed by atoms with Crippen molar-refractivity contribution in [1.82, 2.24) is 4.90 Å². The van der Waals surface area contributed by atoms with Gasteiger partial charge in [0.2, 0.25) is 11.8 Å². The zero-order valence-electron chi connectivity index (χ0n) is 18.0. The van der Waals surface area contributed by atoms with Gasteiger partial charge in [0.05, 0.1) is 17.3 Å². The zero-order valence-corrected chi connectivity index (χ0v) is 18.0. The van der Waals surface area contributed by atoms with E-state index >= 15 is 0 Å². The number of likely N-dealkylation sites (tertiary alicyclic amines) is 1. The lowest BCUT2D eigenvalue weighted by atomic mass is 9.77. The van der Waals surface area contributed by atoms with Crippen LogP contribution < -0.4 is 10.2 Å². The number of fused-ring (bicyclic) bond motifs is 1. The van der Waals surface area contributed by atoms with Crippen molar-refractivity contribution in [3.8, 4) is 0 Å². The quantitative estimate of drug-likeness (QED) is 0.743. The van der Waals surface area contributed by atoms with Gasteiger partial charge in [0.1, 0.15) is 6.54 Å². The molecule has 8 heteroatoms. The van der Waals surface area contributed by atoms with E-state index in [-0.39, 0.29) is 30.8 Å². The second kappa shape index (κ2) is 8.69. The molecule has 31 heavy (non-hydrogen) atoms. The van der Waals surface area contributed by atoms with Crippen molar-refractivity contribution in [3.05, 3.63) is 24.3 Å². The van der Waals surface area contributed by atoms with E-state index in [1.165, 1.54) is 11.3 Å². The lowest BCUT2D eigenvalue weighted by Gasteiger charge is -2.39. The Kier molecular flexibility index (Phi) is 5.98. The van der Waals surface area contributed by atoms with Crippen molar-refractivity contribution in [2.45, 2.75) is 45.6 Å². The first-order valence-corrected chi connectivity index (χ1v) is 11.0. The van der Waals surface area contributed by atoms with E-state index in [0.717, 1.165) is 12.8 Å². The molecule has 2 heterocycles. The normalized spacial score (nSPS) is 28.2. The number of carbonyl (C=O) groups is 4. The van der Waals surface area contributed by atoms with Crippen LogP contribution in [0.1, 0.15) is 39.5 Å². The lowest BCUT2D eigenvalue weighted by Crippen LogP contribution is -2.45. The van der Waals surface area contributed by atoms with Crippen LogP contribution in [-0.2, 0) is 23.9 Å². The molecule has 0 spiro atoms. The van der Waals surface area contributed by atoms with Crippen LogP contribution in [-0.4, -0.2) is 54.3 Å². The molecule has 2 aliphatic heterocycles. The Balaban J connectivity index is 1.35. The molecule has 0 bridgehead atoms. The van der Waals surface area contributed by atoms with Crippen LogP contribution in [0.3, 0.4) is 0 Å². The van der Waals surface area contributed by atoms with Crippen molar-refractivity contribution in [1.29, 1.82) is 0 Å². The summed E-state index contributed by atoms with van der Waals surface area (Å²) in [6.07, 6.45) is 3.35. The standard InChI is InChI=1S/C23H29N3O5/c1-14-6-5-9-18(15(14)2)25-11-16(10-21(25)28)23(30)31-13-22(29)26-12-20(27)24-17-7-3-4-8-19(17)26/h3-4,7-8,14-16,18H,5-6,9-13H2,1-2H3,(H,24,27)/t14-,15+,16+,18-/m0/s1. The number of hydrogen-bond acceptors (Lipinski definition) is 5. The van der Waals surface area contributed by atoms with E-state index < -0.39 is 24.4 Å². The van der Waals surface area contributed by atoms with Gasteiger partial charge in [-0.1, -0.05) is 38.8 Å². The van der Waals surface area contributed by atoms with Crippen LogP contribution in [0.15, 0.2) is 24.3 Å². The molecule has 3 amide bonds. The van der Waals surface area contributed by atoms with Gasteiger partial charge in [0, 0.05) is 19.0 Å². The molecule has 0 radical (unpaired) electrons. The smallest absolute Gasteiger partial charge is 0.311 e. The van der Waals surface area contributed by atoms with Gasteiger partial charge in [-0.2, -0.15) is 0 Å². The van der Waals surface area contributed by atoms with E-state index in [4.69, 9.17) is 4.74 Å². The highest BCUT2D eigenvalue weighted by Gasteiger charge is 2.42. The third-order valence-electron chi connectivity index (χ3n) is 6.97. The first-order chi connectivity index (χ1) is 14.8. The molecule has 1 N–H and O–H groups in total. The predicted octanol–water partition coefficient (Wildman–Crippen LogP) is 2.19. The molecule has 1 saturated heterocycles. The molecule has 4 rings (SSSR count). The van der Waals surface area contributed by atoms with Crippen molar-refractivity contribution < 1.29 is 23.9 Å². The Morgan fingerprint density at radius 2 is 1.94 bits per heavy atom. The van der Waals surface area contributed by atoms with Gasteiger partial charge in [0.15, 0.2) is 6.61 Å². The molecule has 1 saturated carbocycles. The van der Waals surface area contributed by atoms with E-state index in [9.17, 15) is 19.2 Å². The maximum absolute atomic E-state index is 12.7. The van der Waals surface area contributed by atoms with Crippen LogP contribution in [0, 0.1) is 17.8 Å². The Morgan fingerprint density at radius 1 is 1.16 bits per heavy atom. The molecule has 2 fully saturated rings. The summed E-state index contributed by atoms with van der Waals surface area (Å²) in [7, 11) is 0. The maximum Gasteiger partial charge on any atom is 0.311 e. The number of esters is 1. The Hall–Kier alpha value is -2.90. The van der Waals surface area contributed by atoms with Gasteiger partial charge in [0.25, 0.3) is 5.91 Å². The lowest BCUT2D eigenvalue weighted by molar-refractivity contribution is -0.151. The number of rotatable bonds is 4. The molecule has 0 unspecified atom stereocenters. The van der Waals surface area contributed by atoms with Gasteiger partial charge in [-0.25, -0.2) is 0 Å². The summed E-state index contributed by atoms with van der Waals surface area (Å²) in [6.45, 7) is 4.16. The summed E-state index contributed by atoms with van der Waals surface area (Å²) in [5.74, 6) is -0.907. The van der Waals surface area contributed by atoms with Gasteiger partial charge in [-0.3, -0.25) is 24.1 Å². The number of nitrogens with zero attached hydrogens (tertiary/aromatic N) is 2. The van der Waals surface area contributed by atoms with Crippen LogP contribution in [0.2, 0.25) is 0 Å². The van der Waals surface area contributed by atoms with Crippen LogP contribution in [0.4, 0.5) is 11.4 Å². The molecular weight excluding hydrogens is 398 g/mol. The van der Waals surface area contributed by atoms with Gasteiger partial charge < -0.3 is 15.0 Å². The fourth-order valence-electron chi connectivity index (χ4n) is 4.99. The van der Waals surface area contributed by atoms with Gasteiger partial charge in [-0.05, 0) is 30.4 Å². The molecular formula is C23H29N3O5. The van der Waals surface area contributed by atoms with E-state index in [1.54, 1.807) is 24.3 Å². The van der Waals surface area contributed by atoms with Crippen molar-refractivity contribution in [2.24, 2.45) is 17.8 Å². The van der Waals surface area contributed by atoms with Crippen molar-refractivity contribution in [2.75, 3.05) is 29.9 Å². The highest BCUT2D eigenvalue weighted by molar-refractivity contribution is 6.10. The minimum Gasteiger partial charge on any atom is -0.455 e. The number of amides is 3. The van der Waals surface area contributed by atoms with E-state index in [1.807, 2.05) is 4.90 Å². The van der Waals surface area contributed by atoms with Crippen LogP contribution >= 0.6 is 0 Å². The minimum atomic E-state index is -0.554. The molecule has 8 nitrogen and oxygen atoms in total. The number of anilines is 2. The predicted molar refractivity (Wildman–Crippen MR) is 114 cm³/mol. The summed E-state index contributed by atoms with van der Waals surface area (Å²) in [4.78, 5) is 53.0. The Morgan fingerprint density at radius 3 is 2.74 bits per heavy atom. The number of nitrogens with one attached hydrogen (secondary N) is 1. The zero-order chi connectivity index (χ0) is 22.1. The number of hydrogen-bond donors (Lipinski definition) is 1. The maximum atomic E-state index is 12.7.